The van der Waals surface area contributed by atoms with Crippen LogP contribution in [0.3, 0.4) is 0 Å². The van der Waals surface area contributed by atoms with Crippen molar-refractivity contribution in [2.24, 2.45) is 0 Å². The Balaban J connectivity index is 1.89. The molecular weight excluding hydrogens is 828 g/mol. The maximum absolute atomic E-state index is 6.20. The summed E-state index contributed by atoms with van der Waals surface area (Å²) in [7, 11) is 6.20. The molecule has 0 atom stereocenters. The zero-order chi connectivity index (χ0) is 48.9. The van der Waals surface area contributed by atoms with Crippen LogP contribution >= 0.6 is 11.3 Å². The zero-order valence-corrected chi connectivity index (χ0v) is 41.7. The Labute approximate surface area is 408 Å². The molecule has 338 valence electrons. The van der Waals surface area contributed by atoms with Crippen LogP contribution in [-0.4, -0.2) is 7.85 Å². The Morgan fingerprint density at radius 1 is 0.687 bits per heavy atom. The summed E-state index contributed by atoms with van der Waals surface area (Å²) in [6.45, 7) is 40.6. The summed E-state index contributed by atoms with van der Waals surface area (Å²) in [5, 5.41) is 1.94. The van der Waals surface area contributed by atoms with Crippen LogP contribution in [0.4, 0.5) is 11.4 Å². The lowest BCUT2D eigenvalue weighted by molar-refractivity contribution is 1.05. The molecule has 3 aromatic carbocycles. The molecule has 2 nitrogen and oxygen atoms in total. The summed E-state index contributed by atoms with van der Waals surface area (Å²) in [5.41, 5.74) is 13.5. The van der Waals surface area contributed by atoms with Gasteiger partial charge in [-0.05, 0) is 154 Å². The first-order valence-electron chi connectivity index (χ1n) is 22.7. The fraction of sp³-hybridized carbons (Fsp3) is 0.143. The Hall–Kier alpha value is -7.14. The van der Waals surface area contributed by atoms with Gasteiger partial charge in [-0.1, -0.05) is 168 Å². The molecule has 1 aromatic heterocycles. The maximum atomic E-state index is 6.20. The third kappa shape index (κ3) is 15.2. The van der Waals surface area contributed by atoms with Gasteiger partial charge >= 0.3 is 0 Å². The first-order chi connectivity index (χ1) is 32.2. The van der Waals surface area contributed by atoms with Crippen molar-refractivity contribution in [1.82, 2.24) is 0 Å². The Morgan fingerprint density at radius 2 is 1.42 bits per heavy atom. The molecule has 0 unspecified atom stereocenters. The van der Waals surface area contributed by atoms with Crippen molar-refractivity contribution in [3.63, 3.8) is 0 Å². The average Bonchev–Trinajstić information content (AvgIpc) is 3.36. The molecule has 0 spiro atoms. The molecule has 67 heavy (non-hydrogen) atoms. The van der Waals surface area contributed by atoms with Gasteiger partial charge in [-0.15, -0.1) is 16.8 Å². The third-order valence-corrected chi connectivity index (χ3v) is 11.7. The van der Waals surface area contributed by atoms with E-state index in [1.807, 2.05) is 69.4 Å². The molecular formula is C63H67BN2S. The molecule has 1 heterocycles. The van der Waals surface area contributed by atoms with Gasteiger partial charge in [-0.3, -0.25) is 0 Å². The van der Waals surface area contributed by atoms with Crippen LogP contribution in [0.5, 0.6) is 0 Å². The molecule has 0 N–H and O–H groups in total. The zero-order valence-electron chi connectivity index (χ0n) is 40.9. The van der Waals surface area contributed by atoms with Crippen LogP contribution in [0.15, 0.2) is 248 Å². The number of rotatable bonds is 20. The molecule has 0 aliphatic heterocycles. The SMILES string of the molecule is [B]/C(C)=C/C(=C)N(C(=C)/C=C\C=C/CC/C=C\C)c1ccccc1-c1cccc(/C(C)=C/C=C(\C)N(/C(C=C)=C/C=C(C)/C(C=C)=C/C=C\C)c2cccc3sc(=C)cc(C)ccc(=C)c23)c1. The maximum Gasteiger partial charge on any atom is 0.107 e. The lowest BCUT2D eigenvalue weighted by Crippen LogP contribution is -2.20. The van der Waals surface area contributed by atoms with Gasteiger partial charge in [-0.25, -0.2) is 0 Å². The lowest BCUT2D eigenvalue weighted by Gasteiger charge is -2.28. The minimum absolute atomic E-state index is 0.659. The van der Waals surface area contributed by atoms with E-state index in [2.05, 4.69) is 211 Å². The summed E-state index contributed by atoms with van der Waals surface area (Å²) >= 11 is 1.65. The normalized spacial score (nSPS) is 13.2. The van der Waals surface area contributed by atoms with Crippen molar-refractivity contribution in [3.05, 3.63) is 269 Å². The van der Waals surface area contributed by atoms with Gasteiger partial charge in [0, 0.05) is 43.0 Å². The van der Waals surface area contributed by atoms with Crippen molar-refractivity contribution in [2.45, 2.75) is 61.3 Å². The first kappa shape index (κ1) is 52.5. The summed E-state index contributed by atoms with van der Waals surface area (Å²) < 4.78 is 2.04. The Morgan fingerprint density at radius 3 is 2.13 bits per heavy atom. The highest BCUT2D eigenvalue weighted by atomic mass is 32.1. The third-order valence-electron chi connectivity index (χ3n) is 10.8. The number of anilines is 2. The molecule has 0 saturated carbocycles. The second kappa shape index (κ2) is 26.7. The van der Waals surface area contributed by atoms with E-state index in [4.69, 9.17) is 7.85 Å². The summed E-state index contributed by atoms with van der Waals surface area (Å²) in [6, 6.07) is 29.7. The van der Waals surface area contributed by atoms with Crippen molar-refractivity contribution in [1.29, 1.82) is 0 Å². The van der Waals surface area contributed by atoms with Gasteiger partial charge in [0.15, 0.2) is 0 Å². The Bertz CT molecular complexity index is 2940. The van der Waals surface area contributed by atoms with E-state index >= 15 is 0 Å². The van der Waals surface area contributed by atoms with Crippen molar-refractivity contribution in [3.8, 4) is 11.1 Å². The molecule has 0 bridgehead atoms. The van der Waals surface area contributed by atoms with E-state index in [0.717, 1.165) is 106 Å². The van der Waals surface area contributed by atoms with Crippen LogP contribution in [0.1, 0.15) is 65.5 Å². The van der Waals surface area contributed by atoms with Crippen LogP contribution in [-0.2, 0) is 0 Å². The average molecular weight is 895 g/mol. The lowest BCUT2D eigenvalue weighted by atomic mass is 9.95. The van der Waals surface area contributed by atoms with Crippen LogP contribution in [0.2, 0.25) is 0 Å². The highest BCUT2D eigenvalue weighted by Gasteiger charge is 2.18. The van der Waals surface area contributed by atoms with Gasteiger partial charge in [0.1, 0.15) is 7.85 Å². The van der Waals surface area contributed by atoms with Crippen LogP contribution in [0.25, 0.3) is 39.9 Å². The topological polar surface area (TPSA) is 6.48 Å². The van der Waals surface area contributed by atoms with E-state index in [1.54, 1.807) is 11.3 Å². The molecule has 0 aliphatic rings. The molecule has 0 aliphatic carbocycles. The van der Waals surface area contributed by atoms with Gasteiger partial charge in [-0.2, -0.15) is 0 Å². The van der Waals surface area contributed by atoms with Crippen LogP contribution in [0, 0.1) is 6.92 Å². The van der Waals surface area contributed by atoms with E-state index in [9.17, 15) is 0 Å². The second-order valence-corrected chi connectivity index (χ2v) is 17.4. The highest BCUT2D eigenvalue weighted by Crippen LogP contribution is 2.37. The molecule has 4 heteroatoms. The van der Waals surface area contributed by atoms with Gasteiger partial charge < -0.3 is 9.80 Å². The van der Waals surface area contributed by atoms with Crippen molar-refractivity contribution < 1.29 is 0 Å². The summed E-state index contributed by atoms with van der Waals surface area (Å²) in [4.78, 5) is 4.32. The standard InChI is InChI=1S/C63H67BN2S/c1-14-18-20-21-22-23-24-29-51(10)65(53(12)44-50(9)64)60-34-26-25-33-59(60)57-32-27-31-56(45-57)48(7)39-41-52(11)66(58(17-4)42-40-47(6)55(16-3)30-19-15-2)61-35-28-36-62-63(61)49(8)38-37-46(5)43-54(13)67-62/h14-19,22-45H,3-4,8,10,12-13,20-21H2,1-2,5-7,9,11H3/b18-14-,19-15-,23-22-,29-24-,38-37?,46-43?,47-40+,48-39+,50-44+,52-41+,55-30+,58-42+. The van der Waals surface area contributed by atoms with Crippen LogP contribution < -0.4 is 19.6 Å². The number of hydrogen-bond acceptors (Lipinski definition) is 3. The number of benzene rings is 3. The molecule has 0 fully saturated rings. The minimum Gasteiger partial charge on any atom is -0.314 e. The largest absolute Gasteiger partial charge is 0.314 e. The quantitative estimate of drug-likeness (QED) is 0.0377. The summed E-state index contributed by atoms with van der Waals surface area (Å²) in [6.07, 6.45) is 34.9. The highest BCUT2D eigenvalue weighted by molar-refractivity contribution is 7.16. The Kier molecular flexibility index (Phi) is 20.9. The molecule has 4 rings (SSSR count). The van der Waals surface area contributed by atoms with E-state index in [1.165, 1.54) is 0 Å². The minimum atomic E-state index is 0.659. The smallest absolute Gasteiger partial charge is 0.107 e. The number of hydrogen-bond donors (Lipinski definition) is 0. The van der Waals surface area contributed by atoms with E-state index in [-0.39, 0.29) is 0 Å². The second-order valence-electron chi connectivity index (χ2n) is 16.2. The number of para-hydroxylation sites is 1. The predicted molar refractivity (Wildman–Crippen MR) is 304 cm³/mol. The van der Waals surface area contributed by atoms with Gasteiger partial charge in [0.05, 0.1) is 11.4 Å². The molecule has 0 saturated heterocycles. The number of allylic oxidation sites excluding steroid dienone is 21. The fourth-order valence-corrected chi connectivity index (χ4v) is 8.40. The fourth-order valence-electron chi connectivity index (χ4n) is 7.39. The van der Waals surface area contributed by atoms with E-state index < -0.39 is 0 Å². The number of fused-ring (bicyclic) bond motifs is 1. The van der Waals surface area contributed by atoms with Crippen molar-refractivity contribution >= 4 is 59.4 Å². The monoisotopic (exact) mass is 895 g/mol. The number of aryl methyl sites for hydroxylation is 1. The number of nitrogens with zero attached hydrogens (tertiary/aromatic N) is 2. The molecule has 2 radical (unpaired) electrons. The molecule has 0 amide bonds. The summed E-state index contributed by atoms with van der Waals surface area (Å²) in [5.74, 6) is 0. The van der Waals surface area contributed by atoms with E-state index in [0.29, 0.717) is 5.47 Å². The number of unbranched alkanes of at least 4 members (excludes halogenated alkanes) is 1. The first-order valence-corrected chi connectivity index (χ1v) is 23.5. The van der Waals surface area contributed by atoms with Gasteiger partial charge in [0.2, 0.25) is 0 Å². The van der Waals surface area contributed by atoms with Crippen molar-refractivity contribution in [2.75, 3.05) is 9.80 Å². The van der Waals surface area contributed by atoms with Gasteiger partial charge in [0.25, 0.3) is 0 Å². The predicted octanol–water partition coefficient (Wildman–Crippen LogP) is 16.7. The molecule has 4 aromatic rings.